The predicted molar refractivity (Wildman–Crippen MR) is 97.6 cm³/mol. The Bertz CT molecular complexity index is 585. The normalized spacial score (nSPS) is 14.9. The van der Waals surface area contributed by atoms with Crippen LogP contribution in [0.1, 0.15) is 71.1 Å². The number of allylic oxidation sites excluding steroid dienone is 2. The molecule has 0 aliphatic heterocycles. The number of aliphatic carboxylic acids is 1. The zero-order valence-electron chi connectivity index (χ0n) is 16.1. The van der Waals surface area contributed by atoms with Crippen LogP contribution in [0.15, 0.2) is 22.7 Å². The van der Waals surface area contributed by atoms with Crippen LogP contribution >= 0.6 is 0 Å². The molecule has 0 radical (unpaired) electrons. The number of carboxylic acids is 1. The summed E-state index contributed by atoms with van der Waals surface area (Å²) in [5, 5.41) is 8.57. The smallest absolute Gasteiger partial charge is 0.303 e. The van der Waals surface area contributed by atoms with Gasteiger partial charge in [0.2, 0.25) is 23.1 Å². The Hall–Kier alpha value is -2.11. The van der Waals surface area contributed by atoms with Crippen molar-refractivity contribution in [3.8, 4) is 0 Å². The van der Waals surface area contributed by atoms with Crippen LogP contribution in [0.4, 0.5) is 0 Å². The summed E-state index contributed by atoms with van der Waals surface area (Å²) in [5.74, 6) is -1.27. The van der Waals surface area contributed by atoms with Crippen molar-refractivity contribution in [3.05, 3.63) is 22.7 Å². The van der Waals surface area contributed by atoms with E-state index in [4.69, 9.17) is 14.6 Å². The van der Waals surface area contributed by atoms with Crippen LogP contribution < -0.4 is 0 Å². The van der Waals surface area contributed by atoms with Gasteiger partial charge in [-0.3, -0.25) is 14.4 Å². The fourth-order valence-corrected chi connectivity index (χ4v) is 3.13. The Balaban J connectivity index is 2.31. The third-order valence-corrected chi connectivity index (χ3v) is 4.66. The van der Waals surface area contributed by atoms with Crippen molar-refractivity contribution >= 4 is 17.5 Å². The van der Waals surface area contributed by atoms with E-state index >= 15 is 0 Å². The van der Waals surface area contributed by atoms with Crippen molar-refractivity contribution in [2.45, 2.75) is 71.1 Å². The molecule has 0 fully saturated rings. The number of carboxylic acid groups (broad SMARTS) is 1. The van der Waals surface area contributed by atoms with Crippen LogP contribution in [0.5, 0.6) is 0 Å². The second-order valence-corrected chi connectivity index (χ2v) is 6.55. The minimum Gasteiger partial charge on any atom is -0.489 e. The van der Waals surface area contributed by atoms with Gasteiger partial charge in [-0.15, -0.1) is 0 Å². The maximum atomic E-state index is 12.5. The predicted octanol–water partition coefficient (Wildman–Crippen LogP) is 3.94. The summed E-state index contributed by atoms with van der Waals surface area (Å²) >= 11 is 0. The molecule has 0 amide bonds. The standard InChI is InChI=1S/C20H30O6/c1-14-15(18(24)20(26-3)19(25-2)17(14)23)12-10-8-6-4-5-7-9-11-13-16(21)22/h4-13H2,1-3H3,(H,21,22). The Morgan fingerprint density at radius 2 is 1.27 bits per heavy atom. The van der Waals surface area contributed by atoms with E-state index < -0.39 is 5.97 Å². The third-order valence-electron chi connectivity index (χ3n) is 4.66. The van der Waals surface area contributed by atoms with Gasteiger partial charge in [-0.1, -0.05) is 38.5 Å². The molecule has 0 spiro atoms. The van der Waals surface area contributed by atoms with Crippen LogP contribution in [0.25, 0.3) is 0 Å². The van der Waals surface area contributed by atoms with Gasteiger partial charge in [0.1, 0.15) is 0 Å². The van der Waals surface area contributed by atoms with Crippen molar-refractivity contribution in [2.75, 3.05) is 14.2 Å². The summed E-state index contributed by atoms with van der Waals surface area (Å²) in [4.78, 5) is 35.2. The Kier molecular flexibility index (Phi) is 9.70. The van der Waals surface area contributed by atoms with E-state index in [0.29, 0.717) is 17.6 Å². The van der Waals surface area contributed by atoms with E-state index in [0.717, 1.165) is 51.4 Å². The first-order valence-electron chi connectivity index (χ1n) is 9.27. The molecule has 0 bridgehead atoms. The number of hydrogen-bond donors (Lipinski definition) is 1. The summed E-state index contributed by atoms with van der Waals surface area (Å²) in [5.41, 5.74) is 0.979. The summed E-state index contributed by atoms with van der Waals surface area (Å²) in [6.45, 7) is 1.66. The monoisotopic (exact) mass is 366 g/mol. The molecule has 0 saturated carbocycles. The zero-order valence-corrected chi connectivity index (χ0v) is 16.1. The maximum Gasteiger partial charge on any atom is 0.303 e. The third kappa shape index (κ3) is 6.32. The number of carbonyl (C=O) groups excluding carboxylic acids is 2. The molecule has 6 heteroatoms. The number of unbranched alkanes of at least 4 members (excludes halogenated alkanes) is 7. The number of hydrogen-bond acceptors (Lipinski definition) is 5. The van der Waals surface area contributed by atoms with Crippen molar-refractivity contribution in [1.29, 1.82) is 0 Å². The summed E-state index contributed by atoms with van der Waals surface area (Å²) < 4.78 is 10.1. The molecular weight excluding hydrogens is 336 g/mol. The van der Waals surface area contributed by atoms with Gasteiger partial charge >= 0.3 is 5.97 Å². The molecule has 0 aromatic heterocycles. The van der Waals surface area contributed by atoms with Crippen molar-refractivity contribution in [3.63, 3.8) is 0 Å². The van der Waals surface area contributed by atoms with Crippen LogP contribution in [-0.2, 0) is 23.9 Å². The second kappa shape index (κ2) is 11.5. The van der Waals surface area contributed by atoms with Crippen molar-refractivity contribution in [2.24, 2.45) is 0 Å². The van der Waals surface area contributed by atoms with E-state index in [2.05, 4.69) is 0 Å². The second-order valence-electron chi connectivity index (χ2n) is 6.55. The molecule has 0 atom stereocenters. The molecule has 0 aromatic carbocycles. The molecule has 26 heavy (non-hydrogen) atoms. The van der Waals surface area contributed by atoms with Gasteiger partial charge in [0, 0.05) is 17.6 Å². The van der Waals surface area contributed by atoms with Crippen LogP contribution in [0.3, 0.4) is 0 Å². The molecule has 1 N–H and O–H groups in total. The van der Waals surface area contributed by atoms with Gasteiger partial charge in [0.15, 0.2) is 0 Å². The van der Waals surface area contributed by atoms with Crippen molar-refractivity contribution in [1.82, 2.24) is 0 Å². The summed E-state index contributed by atoms with van der Waals surface area (Å²) in [6, 6.07) is 0. The molecule has 0 unspecified atom stereocenters. The van der Waals surface area contributed by atoms with Gasteiger partial charge in [0.25, 0.3) is 0 Å². The maximum absolute atomic E-state index is 12.5. The minimum atomic E-state index is -0.727. The fraction of sp³-hybridized carbons (Fsp3) is 0.650. The Morgan fingerprint density at radius 3 is 1.77 bits per heavy atom. The molecule has 0 saturated heterocycles. The fourth-order valence-electron chi connectivity index (χ4n) is 3.13. The van der Waals surface area contributed by atoms with Crippen molar-refractivity contribution < 1.29 is 29.0 Å². The van der Waals surface area contributed by atoms with E-state index in [1.807, 2.05) is 0 Å². The van der Waals surface area contributed by atoms with Gasteiger partial charge in [-0.05, 0) is 26.2 Å². The van der Waals surface area contributed by atoms with Gasteiger partial charge in [-0.2, -0.15) is 0 Å². The highest BCUT2D eigenvalue weighted by molar-refractivity contribution is 6.23. The lowest BCUT2D eigenvalue weighted by Gasteiger charge is -2.20. The highest BCUT2D eigenvalue weighted by Gasteiger charge is 2.34. The quantitative estimate of drug-likeness (QED) is 0.392. The lowest BCUT2D eigenvalue weighted by molar-refractivity contribution is -0.137. The minimum absolute atomic E-state index is 0.000499. The van der Waals surface area contributed by atoms with Gasteiger partial charge in [0.05, 0.1) is 14.2 Å². The Morgan fingerprint density at radius 1 is 0.808 bits per heavy atom. The molecule has 6 nitrogen and oxygen atoms in total. The molecule has 1 rings (SSSR count). The molecule has 146 valence electrons. The molecule has 0 aromatic rings. The topological polar surface area (TPSA) is 89.9 Å². The number of carbonyl (C=O) groups is 3. The number of Topliss-reactive ketones (excluding diaryl/α,β-unsaturated/α-hetero) is 2. The SMILES string of the molecule is COC1=C(OC)C(=O)C(CCCCCCCCCCC(=O)O)=C(C)C1=O. The average Bonchev–Trinajstić information content (AvgIpc) is 2.61. The number of methoxy groups -OCH3 is 2. The highest BCUT2D eigenvalue weighted by atomic mass is 16.5. The van der Waals surface area contributed by atoms with Gasteiger partial charge < -0.3 is 14.6 Å². The highest BCUT2D eigenvalue weighted by Crippen LogP contribution is 2.28. The van der Waals surface area contributed by atoms with Crippen LogP contribution in [0.2, 0.25) is 0 Å². The lowest BCUT2D eigenvalue weighted by atomic mass is 9.89. The van der Waals surface area contributed by atoms with Crippen LogP contribution in [-0.4, -0.2) is 36.9 Å². The first-order chi connectivity index (χ1) is 12.4. The molecule has 1 aliphatic carbocycles. The summed E-state index contributed by atoms with van der Waals surface area (Å²) in [7, 11) is 2.73. The largest absolute Gasteiger partial charge is 0.489 e. The first kappa shape index (κ1) is 21.9. The van der Waals surface area contributed by atoms with E-state index in [1.54, 1.807) is 6.92 Å². The number of rotatable bonds is 13. The lowest BCUT2D eigenvalue weighted by Crippen LogP contribution is -2.25. The Labute approximate surface area is 155 Å². The number of ether oxygens (including phenoxy) is 2. The first-order valence-corrected chi connectivity index (χ1v) is 9.27. The van der Waals surface area contributed by atoms with Gasteiger partial charge in [-0.25, -0.2) is 0 Å². The molecular formula is C20H30O6. The van der Waals surface area contributed by atoms with Crippen LogP contribution in [0, 0.1) is 0 Å². The number of ketones is 2. The van der Waals surface area contributed by atoms with E-state index in [1.165, 1.54) is 14.2 Å². The van der Waals surface area contributed by atoms with E-state index in [9.17, 15) is 14.4 Å². The molecule has 1 aliphatic rings. The summed E-state index contributed by atoms with van der Waals surface area (Å²) in [6.07, 6.45) is 8.72. The average molecular weight is 366 g/mol. The zero-order chi connectivity index (χ0) is 19.5. The molecule has 0 heterocycles. The van der Waals surface area contributed by atoms with E-state index in [-0.39, 0.29) is 29.5 Å².